The molecule has 0 aromatic carbocycles. The minimum Gasteiger partial charge on any atom is -0.455 e. The molecule has 0 aromatic heterocycles. The first kappa shape index (κ1) is 23.6. The summed E-state index contributed by atoms with van der Waals surface area (Å²) >= 11 is 0. The van der Waals surface area contributed by atoms with Crippen LogP contribution in [0.15, 0.2) is 0 Å². The Morgan fingerprint density at radius 1 is 1.00 bits per heavy atom. The van der Waals surface area contributed by atoms with Crippen molar-refractivity contribution in [1.82, 2.24) is 0 Å². The van der Waals surface area contributed by atoms with Gasteiger partial charge < -0.3 is 13.6 Å². The summed E-state index contributed by atoms with van der Waals surface area (Å²) in [5, 5.41) is 0. The average molecular weight is 337 g/mol. The van der Waals surface area contributed by atoms with Crippen LogP contribution < -0.4 is 0 Å². The van der Waals surface area contributed by atoms with Crippen molar-refractivity contribution in [1.29, 1.82) is 0 Å². The quantitative estimate of drug-likeness (QED) is 0.292. The summed E-state index contributed by atoms with van der Waals surface area (Å²) in [5.41, 5.74) is 0. The zero-order valence-corrected chi connectivity index (χ0v) is 15.5. The molecule has 21 heavy (non-hydrogen) atoms. The average Bonchev–Trinajstić information content (AvgIpc) is 3.08. The van der Waals surface area contributed by atoms with E-state index in [1.807, 2.05) is 0 Å². The molecule has 0 radical (unpaired) electrons. The SMILES string of the molecule is C.C.CCCC[Si](C)(C)O[Si](C)(C)CCCOCC1CO1. The molecule has 0 aromatic rings. The second kappa shape index (κ2) is 10.9. The van der Waals surface area contributed by atoms with Gasteiger partial charge >= 0.3 is 0 Å². The zero-order valence-electron chi connectivity index (χ0n) is 13.5. The van der Waals surface area contributed by atoms with Gasteiger partial charge in [-0.3, -0.25) is 0 Å². The van der Waals surface area contributed by atoms with Crippen LogP contribution in [0.25, 0.3) is 0 Å². The molecule has 0 aliphatic carbocycles. The van der Waals surface area contributed by atoms with Crippen molar-refractivity contribution >= 4 is 16.6 Å². The van der Waals surface area contributed by atoms with Gasteiger partial charge in [-0.05, 0) is 44.7 Å². The molecule has 0 bridgehead atoms. The molecule has 0 spiro atoms. The molecule has 1 aliphatic rings. The van der Waals surface area contributed by atoms with E-state index < -0.39 is 16.6 Å². The fourth-order valence-electron chi connectivity index (χ4n) is 2.43. The fourth-order valence-corrected chi connectivity index (χ4v) is 11.4. The van der Waals surface area contributed by atoms with Crippen LogP contribution in [0.2, 0.25) is 38.3 Å². The van der Waals surface area contributed by atoms with E-state index in [4.69, 9.17) is 13.6 Å². The molecule has 0 N–H and O–H groups in total. The Balaban J connectivity index is 0. The highest BCUT2D eigenvalue weighted by Crippen LogP contribution is 2.24. The normalized spacial score (nSPS) is 17.9. The second-order valence-electron chi connectivity index (χ2n) is 6.86. The number of epoxide rings is 1. The van der Waals surface area contributed by atoms with Crippen LogP contribution in [0.1, 0.15) is 41.0 Å². The van der Waals surface area contributed by atoms with E-state index in [0.29, 0.717) is 6.10 Å². The van der Waals surface area contributed by atoms with E-state index in [1.165, 1.54) is 24.9 Å². The monoisotopic (exact) mass is 336 g/mol. The summed E-state index contributed by atoms with van der Waals surface area (Å²) in [4.78, 5) is 0. The minimum absolute atomic E-state index is 0. The fraction of sp³-hybridized carbons (Fsp3) is 1.00. The van der Waals surface area contributed by atoms with Gasteiger partial charge in [0, 0.05) is 6.61 Å². The van der Waals surface area contributed by atoms with Gasteiger partial charge in [0.1, 0.15) is 6.10 Å². The lowest BCUT2D eigenvalue weighted by Crippen LogP contribution is -2.44. The Morgan fingerprint density at radius 3 is 2.00 bits per heavy atom. The molecule has 1 heterocycles. The molecule has 0 amide bonds. The molecule has 1 fully saturated rings. The molecule has 0 saturated carbocycles. The number of hydrogen-bond donors (Lipinski definition) is 0. The van der Waals surface area contributed by atoms with Crippen molar-refractivity contribution in [3.63, 3.8) is 0 Å². The molecular weight excluding hydrogens is 296 g/mol. The second-order valence-corrected chi connectivity index (χ2v) is 15.7. The summed E-state index contributed by atoms with van der Waals surface area (Å²) in [6, 6.07) is 2.51. The highest BCUT2D eigenvalue weighted by molar-refractivity contribution is 6.84. The Bertz CT molecular complexity index is 254. The predicted octanol–water partition coefficient (Wildman–Crippen LogP) is 5.29. The van der Waals surface area contributed by atoms with E-state index in [0.717, 1.165) is 26.2 Å². The van der Waals surface area contributed by atoms with Gasteiger partial charge in [-0.25, -0.2) is 0 Å². The van der Waals surface area contributed by atoms with Crippen LogP contribution in [0.4, 0.5) is 0 Å². The molecule has 5 heteroatoms. The Kier molecular flexibility index (Phi) is 12.3. The highest BCUT2D eigenvalue weighted by Gasteiger charge is 2.32. The lowest BCUT2D eigenvalue weighted by molar-refractivity contribution is 0.116. The summed E-state index contributed by atoms with van der Waals surface area (Å²) in [7, 11) is -2.93. The number of ether oxygens (including phenoxy) is 2. The summed E-state index contributed by atoms with van der Waals surface area (Å²) < 4.78 is 17.3. The molecule has 1 saturated heterocycles. The number of hydrogen-bond acceptors (Lipinski definition) is 3. The standard InChI is InChI=1S/C14H32O3Si2.2CH4/c1-6-7-10-18(2,3)17-19(4,5)11-8-9-15-12-14-13-16-14;;/h14H,6-13H2,1-5H3;2*1H4. The van der Waals surface area contributed by atoms with E-state index in [2.05, 4.69) is 33.1 Å². The third kappa shape index (κ3) is 12.5. The van der Waals surface area contributed by atoms with Gasteiger partial charge in [0.2, 0.25) is 0 Å². The molecular formula is C16H40O3Si2. The Labute approximate surface area is 136 Å². The Hall–Kier alpha value is 0.314. The third-order valence-corrected chi connectivity index (χ3v) is 11.0. The topological polar surface area (TPSA) is 31.0 Å². The Morgan fingerprint density at radius 2 is 1.52 bits per heavy atom. The largest absolute Gasteiger partial charge is 0.455 e. The van der Waals surface area contributed by atoms with Crippen molar-refractivity contribution in [2.45, 2.75) is 85.4 Å². The van der Waals surface area contributed by atoms with Gasteiger partial charge in [-0.1, -0.05) is 34.6 Å². The first-order chi connectivity index (χ1) is 8.85. The van der Waals surface area contributed by atoms with Crippen LogP contribution in [-0.2, 0) is 13.6 Å². The van der Waals surface area contributed by atoms with E-state index >= 15 is 0 Å². The molecule has 1 atom stereocenters. The smallest absolute Gasteiger partial charge is 0.173 e. The van der Waals surface area contributed by atoms with Crippen molar-refractivity contribution in [2.75, 3.05) is 19.8 Å². The lowest BCUT2D eigenvalue weighted by atomic mass is 10.4. The van der Waals surface area contributed by atoms with Crippen LogP contribution >= 0.6 is 0 Å². The maximum Gasteiger partial charge on any atom is 0.173 e. The van der Waals surface area contributed by atoms with Crippen LogP contribution in [0.3, 0.4) is 0 Å². The first-order valence-corrected chi connectivity index (χ1v) is 14.0. The maximum absolute atomic E-state index is 6.56. The highest BCUT2D eigenvalue weighted by atomic mass is 28.4. The van der Waals surface area contributed by atoms with Crippen molar-refractivity contribution in [3.05, 3.63) is 0 Å². The van der Waals surface area contributed by atoms with Crippen molar-refractivity contribution < 1.29 is 13.6 Å². The van der Waals surface area contributed by atoms with Gasteiger partial charge in [0.25, 0.3) is 0 Å². The lowest BCUT2D eigenvalue weighted by Gasteiger charge is -2.34. The number of rotatable bonds is 11. The summed E-state index contributed by atoms with van der Waals surface area (Å²) in [6.07, 6.45) is 4.11. The zero-order chi connectivity index (χ0) is 14.4. The molecule has 1 rings (SSSR count). The van der Waals surface area contributed by atoms with Gasteiger partial charge in [-0.15, -0.1) is 0 Å². The van der Waals surface area contributed by atoms with E-state index in [-0.39, 0.29) is 14.9 Å². The predicted molar refractivity (Wildman–Crippen MR) is 99.2 cm³/mol. The van der Waals surface area contributed by atoms with Gasteiger partial charge in [-0.2, -0.15) is 0 Å². The first-order valence-electron chi connectivity index (χ1n) is 7.74. The summed E-state index contributed by atoms with van der Waals surface area (Å²) in [6.45, 7) is 14.2. The van der Waals surface area contributed by atoms with Gasteiger partial charge in [0.05, 0.1) is 13.2 Å². The molecule has 130 valence electrons. The maximum atomic E-state index is 6.56. The molecule has 1 unspecified atom stereocenters. The third-order valence-electron chi connectivity index (χ3n) is 3.46. The van der Waals surface area contributed by atoms with Gasteiger partial charge in [0.15, 0.2) is 16.6 Å². The summed E-state index contributed by atoms with van der Waals surface area (Å²) in [5.74, 6) is 0. The minimum atomic E-state index is -1.50. The van der Waals surface area contributed by atoms with Crippen molar-refractivity contribution in [3.8, 4) is 0 Å². The van der Waals surface area contributed by atoms with Crippen LogP contribution in [-0.4, -0.2) is 42.6 Å². The molecule has 1 aliphatic heterocycles. The van der Waals surface area contributed by atoms with Crippen LogP contribution in [0.5, 0.6) is 0 Å². The molecule has 3 nitrogen and oxygen atoms in total. The van der Waals surface area contributed by atoms with E-state index in [1.54, 1.807) is 0 Å². The van der Waals surface area contributed by atoms with Crippen LogP contribution in [0, 0.1) is 0 Å². The number of unbranched alkanes of at least 4 members (excludes halogenated alkanes) is 1. The van der Waals surface area contributed by atoms with Crippen molar-refractivity contribution in [2.24, 2.45) is 0 Å². The van der Waals surface area contributed by atoms with E-state index in [9.17, 15) is 0 Å².